The van der Waals surface area contributed by atoms with Crippen molar-refractivity contribution in [2.75, 3.05) is 21.3 Å². The van der Waals surface area contributed by atoms with Gasteiger partial charge >= 0.3 is 0 Å². The molecule has 2 unspecified atom stereocenters. The van der Waals surface area contributed by atoms with Crippen LogP contribution in [0.3, 0.4) is 0 Å². The Balaban J connectivity index is 1.24. The molecule has 0 fully saturated rings. The average molecular weight is 618 g/mol. The molecule has 0 radical (unpaired) electrons. The highest BCUT2D eigenvalue weighted by atomic mass is 16.5. The number of aromatic nitrogens is 4. The smallest absolute Gasteiger partial charge is 0.254 e. The lowest BCUT2D eigenvalue weighted by atomic mass is 10.1. The predicted molar refractivity (Wildman–Crippen MR) is 178 cm³/mol. The van der Waals surface area contributed by atoms with Gasteiger partial charge in [-0.25, -0.2) is 19.9 Å². The molecule has 0 aliphatic carbocycles. The molecule has 6 rings (SSSR count). The summed E-state index contributed by atoms with van der Waals surface area (Å²) < 4.78 is 10.7. The van der Waals surface area contributed by atoms with Gasteiger partial charge < -0.3 is 20.1 Å². The number of carbonyl (C=O) groups is 2. The summed E-state index contributed by atoms with van der Waals surface area (Å²) in [6, 6.07) is 21.7. The summed E-state index contributed by atoms with van der Waals surface area (Å²) in [6.45, 7) is 3.97. The van der Waals surface area contributed by atoms with E-state index in [9.17, 15) is 9.59 Å². The van der Waals surface area contributed by atoms with Crippen molar-refractivity contribution in [2.45, 2.75) is 39.0 Å². The molecule has 11 nitrogen and oxygen atoms in total. The molecule has 0 saturated carbocycles. The lowest BCUT2D eigenvalue weighted by Crippen LogP contribution is -2.55. The third-order valence-corrected chi connectivity index (χ3v) is 8.18. The van der Waals surface area contributed by atoms with Crippen LogP contribution in [0.15, 0.2) is 72.8 Å². The average Bonchev–Trinajstić information content (AvgIpc) is 3.09. The highest BCUT2D eigenvalue weighted by Crippen LogP contribution is 2.25. The van der Waals surface area contributed by atoms with Gasteiger partial charge in [-0.2, -0.15) is 0 Å². The first-order valence-corrected chi connectivity index (χ1v) is 15.2. The number of benzene rings is 4. The highest BCUT2D eigenvalue weighted by molar-refractivity contribution is 6.07. The molecule has 0 saturated heterocycles. The van der Waals surface area contributed by atoms with E-state index in [4.69, 9.17) is 29.4 Å². The molecule has 11 heteroatoms. The maximum absolute atomic E-state index is 13.7. The maximum Gasteiger partial charge on any atom is 0.254 e. The SMILES string of the molecule is CCC(NC(=O)c1cccc2nc3ccc(OC)cc3nc12)N(C)C(CC)NC(=O)c1cccc2nc3ccc(OC)cc3nc12. The van der Waals surface area contributed by atoms with Gasteiger partial charge in [-0.3, -0.25) is 14.5 Å². The van der Waals surface area contributed by atoms with Gasteiger partial charge in [0, 0.05) is 12.1 Å². The summed E-state index contributed by atoms with van der Waals surface area (Å²) in [6.07, 6.45) is 0.424. The summed E-state index contributed by atoms with van der Waals surface area (Å²) in [5, 5.41) is 6.29. The van der Waals surface area contributed by atoms with Gasteiger partial charge in [-0.05, 0) is 68.4 Å². The summed E-state index contributed by atoms with van der Waals surface area (Å²) in [5.41, 5.74) is 5.76. The molecule has 0 aliphatic heterocycles. The second-order valence-electron chi connectivity index (χ2n) is 11.0. The predicted octanol–water partition coefficient (Wildman–Crippen LogP) is 5.46. The number of hydrogen-bond acceptors (Lipinski definition) is 9. The minimum atomic E-state index is -0.384. The normalized spacial score (nSPS) is 12.8. The fourth-order valence-corrected chi connectivity index (χ4v) is 5.63. The van der Waals surface area contributed by atoms with Crippen LogP contribution >= 0.6 is 0 Å². The van der Waals surface area contributed by atoms with E-state index in [-0.39, 0.29) is 24.1 Å². The first kappa shape index (κ1) is 30.6. The van der Waals surface area contributed by atoms with Gasteiger partial charge in [0.1, 0.15) is 22.5 Å². The first-order chi connectivity index (χ1) is 22.3. The highest BCUT2D eigenvalue weighted by Gasteiger charge is 2.26. The summed E-state index contributed by atoms with van der Waals surface area (Å²) in [5.74, 6) is 0.752. The second-order valence-corrected chi connectivity index (χ2v) is 11.0. The zero-order valence-corrected chi connectivity index (χ0v) is 26.4. The first-order valence-electron chi connectivity index (χ1n) is 15.2. The Morgan fingerprint density at radius 2 is 1.07 bits per heavy atom. The van der Waals surface area contributed by atoms with Crippen LogP contribution in [0.4, 0.5) is 0 Å². The number of rotatable bonds is 10. The molecule has 234 valence electrons. The molecule has 2 heterocycles. The Morgan fingerprint density at radius 1 is 0.630 bits per heavy atom. The summed E-state index contributed by atoms with van der Waals surface area (Å²) >= 11 is 0. The third kappa shape index (κ3) is 5.84. The monoisotopic (exact) mass is 617 g/mol. The molecule has 0 bridgehead atoms. The van der Waals surface area contributed by atoms with Crippen LogP contribution in [0.1, 0.15) is 47.4 Å². The van der Waals surface area contributed by atoms with Crippen molar-refractivity contribution in [2.24, 2.45) is 0 Å². The number of amides is 2. The molecule has 6 aromatic rings. The molecule has 46 heavy (non-hydrogen) atoms. The summed E-state index contributed by atoms with van der Waals surface area (Å²) in [7, 11) is 5.07. The summed E-state index contributed by atoms with van der Waals surface area (Å²) in [4.78, 5) is 48.3. The van der Waals surface area contributed by atoms with E-state index in [2.05, 4.69) is 10.6 Å². The van der Waals surface area contributed by atoms with Gasteiger partial charge in [0.25, 0.3) is 11.8 Å². The molecule has 4 aromatic carbocycles. The van der Waals surface area contributed by atoms with Crippen molar-refractivity contribution in [1.29, 1.82) is 0 Å². The quantitative estimate of drug-likeness (QED) is 0.152. The van der Waals surface area contributed by atoms with Crippen molar-refractivity contribution in [3.8, 4) is 11.5 Å². The zero-order chi connectivity index (χ0) is 32.4. The van der Waals surface area contributed by atoms with E-state index in [0.717, 1.165) is 0 Å². The fraction of sp³-hybridized carbons (Fsp3) is 0.257. The lowest BCUT2D eigenvalue weighted by Gasteiger charge is -2.35. The van der Waals surface area contributed by atoms with Crippen molar-refractivity contribution in [3.63, 3.8) is 0 Å². The number of nitrogens with one attached hydrogen (secondary N) is 2. The van der Waals surface area contributed by atoms with Gasteiger partial charge in [0.15, 0.2) is 0 Å². The van der Waals surface area contributed by atoms with Crippen LogP contribution < -0.4 is 20.1 Å². The van der Waals surface area contributed by atoms with Crippen LogP contribution in [0.5, 0.6) is 11.5 Å². The largest absolute Gasteiger partial charge is 0.497 e. The van der Waals surface area contributed by atoms with E-state index >= 15 is 0 Å². The molecule has 2 atom stereocenters. The molecule has 0 spiro atoms. The van der Waals surface area contributed by atoms with Gasteiger partial charge in [0.05, 0.1) is 70.8 Å². The van der Waals surface area contributed by atoms with Crippen LogP contribution in [-0.4, -0.2) is 70.2 Å². The zero-order valence-electron chi connectivity index (χ0n) is 26.4. The van der Waals surface area contributed by atoms with Crippen molar-refractivity contribution in [1.82, 2.24) is 35.5 Å². The third-order valence-electron chi connectivity index (χ3n) is 8.18. The number of methoxy groups -OCH3 is 2. The number of nitrogens with zero attached hydrogens (tertiary/aromatic N) is 5. The topological polar surface area (TPSA) is 131 Å². The Hall–Kier alpha value is -5.42. The Kier molecular flexibility index (Phi) is 8.58. The Bertz CT molecular complexity index is 1950. The Labute approximate surface area is 266 Å². The van der Waals surface area contributed by atoms with Crippen LogP contribution in [-0.2, 0) is 0 Å². The van der Waals surface area contributed by atoms with Crippen molar-refractivity contribution < 1.29 is 19.1 Å². The molecular weight excluding hydrogens is 582 g/mol. The van der Waals surface area contributed by atoms with Crippen LogP contribution in [0.25, 0.3) is 44.1 Å². The van der Waals surface area contributed by atoms with Crippen molar-refractivity contribution in [3.05, 3.63) is 83.9 Å². The number of hydrogen-bond donors (Lipinski definition) is 2. The number of fused-ring (bicyclic) bond motifs is 4. The van der Waals surface area contributed by atoms with Gasteiger partial charge in [-0.15, -0.1) is 0 Å². The number of para-hydroxylation sites is 2. The molecule has 0 aliphatic rings. The molecule has 2 aromatic heterocycles. The fourth-order valence-electron chi connectivity index (χ4n) is 5.63. The van der Waals surface area contributed by atoms with E-state index in [0.29, 0.717) is 79.6 Å². The second kappa shape index (κ2) is 12.9. The number of carbonyl (C=O) groups excluding carboxylic acids is 2. The Morgan fingerprint density at radius 3 is 1.46 bits per heavy atom. The van der Waals surface area contributed by atoms with E-state index in [1.54, 1.807) is 50.6 Å². The van der Waals surface area contributed by atoms with E-state index < -0.39 is 0 Å². The minimum absolute atomic E-state index is 0.284. The van der Waals surface area contributed by atoms with Gasteiger partial charge in [0.2, 0.25) is 0 Å². The van der Waals surface area contributed by atoms with Crippen LogP contribution in [0.2, 0.25) is 0 Å². The molecule has 2 amide bonds. The molecule has 2 N–H and O–H groups in total. The van der Waals surface area contributed by atoms with Gasteiger partial charge in [-0.1, -0.05) is 26.0 Å². The minimum Gasteiger partial charge on any atom is -0.497 e. The lowest BCUT2D eigenvalue weighted by molar-refractivity contribution is 0.0701. The maximum atomic E-state index is 13.7. The van der Waals surface area contributed by atoms with Crippen molar-refractivity contribution >= 4 is 55.9 Å². The standard InChI is InChI=1S/C35H35N7O4/c1-6-30(40-34(43)22-10-8-12-26-32(22)38-28-18-20(45-4)14-16-24(28)36-26)42(3)31(7-2)41-35(44)23-11-9-13-27-33(23)39-29-19-21(46-5)15-17-25(29)37-27/h8-19,30-31H,6-7H2,1-5H3,(H,40,43)(H,41,44). The van der Waals surface area contributed by atoms with Crippen LogP contribution in [0, 0.1) is 0 Å². The number of ether oxygens (including phenoxy) is 2. The van der Waals surface area contributed by atoms with E-state index in [1.165, 1.54) is 0 Å². The molecular formula is C35H35N7O4. The van der Waals surface area contributed by atoms with E-state index in [1.807, 2.05) is 62.2 Å².